The Morgan fingerprint density at radius 2 is 2.29 bits per heavy atom. The third-order valence-corrected chi connectivity index (χ3v) is 4.18. The van der Waals surface area contributed by atoms with Crippen LogP contribution in [0, 0.1) is 5.92 Å². The molecule has 0 spiro atoms. The van der Waals surface area contributed by atoms with Crippen LogP contribution in [0.15, 0.2) is 22.7 Å². The number of carbonyl (C=O) groups is 1. The molecule has 1 unspecified atom stereocenters. The molecular formula is C14H18ClN3O2S. The monoisotopic (exact) mass is 327 g/mol. The fourth-order valence-corrected chi connectivity index (χ4v) is 2.98. The predicted octanol–water partition coefficient (Wildman–Crippen LogP) is 3.16. The smallest absolute Gasteiger partial charge is 0.273 e. The number of thiophene rings is 1. The van der Waals surface area contributed by atoms with E-state index in [9.17, 15) is 4.79 Å². The highest BCUT2D eigenvalue weighted by Gasteiger charge is 2.18. The third kappa shape index (κ3) is 4.30. The molecule has 3 N–H and O–H groups in total. The molecule has 0 aromatic carbocycles. The van der Waals surface area contributed by atoms with Crippen LogP contribution in [0.5, 0.6) is 0 Å². The summed E-state index contributed by atoms with van der Waals surface area (Å²) in [6, 6.07) is 5.16. The SMILES string of the molecule is CC(C)CC(CN)NC(=O)c1cc(-c2ccc(Cl)s2)on1. The second kappa shape index (κ2) is 7.06. The molecule has 2 aromatic rings. The van der Waals surface area contributed by atoms with Crippen molar-refractivity contribution in [3.8, 4) is 10.6 Å². The average molecular weight is 328 g/mol. The van der Waals surface area contributed by atoms with E-state index >= 15 is 0 Å². The number of rotatable bonds is 6. The predicted molar refractivity (Wildman–Crippen MR) is 84.6 cm³/mol. The first-order valence-electron chi connectivity index (χ1n) is 6.73. The van der Waals surface area contributed by atoms with Crippen LogP contribution in [-0.4, -0.2) is 23.7 Å². The Labute approximate surface area is 132 Å². The highest BCUT2D eigenvalue weighted by molar-refractivity contribution is 7.19. The van der Waals surface area contributed by atoms with E-state index in [4.69, 9.17) is 21.9 Å². The first-order valence-corrected chi connectivity index (χ1v) is 7.92. The molecule has 2 aromatic heterocycles. The molecule has 114 valence electrons. The number of nitrogens with zero attached hydrogens (tertiary/aromatic N) is 1. The van der Waals surface area contributed by atoms with Gasteiger partial charge in [0, 0.05) is 18.7 Å². The summed E-state index contributed by atoms with van der Waals surface area (Å²) in [5.41, 5.74) is 5.92. The van der Waals surface area contributed by atoms with Crippen molar-refractivity contribution in [1.29, 1.82) is 0 Å². The third-order valence-electron chi connectivity index (χ3n) is 2.93. The highest BCUT2D eigenvalue weighted by atomic mass is 35.5. The first kappa shape index (κ1) is 16.0. The molecule has 0 aliphatic carbocycles. The Balaban J connectivity index is 2.05. The summed E-state index contributed by atoms with van der Waals surface area (Å²) >= 11 is 7.25. The summed E-state index contributed by atoms with van der Waals surface area (Å²) in [7, 11) is 0. The van der Waals surface area contributed by atoms with Crippen molar-refractivity contribution in [3.63, 3.8) is 0 Å². The minimum atomic E-state index is -0.274. The second-order valence-electron chi connectivity index (χ2n) is 5.22. The van der Waals surface area contributed by atoms with E-state index in [-0.39, 0.29) is 17.6 Å². The van der Waals surface area contributed by atoms with E-state index in [0.717, 1.165) is 11.3 Å². The molecule has 0 aliphatic heterocycles. The number of hydrogen-bond acceptors (Lipinski definition) is 5. The van der Waals surface area contributed by atoms with E-state index < -0.39 is 0 Å². The van der Waals surface area contributed by atoms with Crippen molar-refractivity contribution in [1.82, 2.24) is 10.5 Å². The number of carbonyl (C=O) groups excluding carboxylic acids is 1. The van der Waals surface area contributed by atoms with Gasteiger partial charge in [0.1, 0.15) is 0 Å². The van der Waals surface area contributed by atoms with Crippen LogP contribution in [0.3, 0.4) is 0 Å². The number of nitrogens with two attached hydrogens (primary N) is 1. The lowest BCUT2D eigenvalue weighted by Gasteiger charge is -2.17. The van der Waals surface area contributed by atoms with Crippen molar-refractivity contribution in [3.05, 3.63) is 28.2 Å². The molecular weight excluding hydrogens is 310 g/mol. The zero-order valence-corrected chi connectivity index (χ0v) is 13.5. The molecule has 2 rings (SSSR count). The van der Waals surface area contributed by atoms with E-state index in [1.807, 2.05) is 6.07 Å². The van der Waals surface area contributed by atoms with Crippen LogP contribution in [0.2, 0.25) is 4.34 Å². The van der Waals surface area contributed by atoms with Crippen molar-refractivity contribution in [2.75, 3.05) is 6.54 Å². The number of nitrogens with one attached hydrogen (secondary N) is 1. The molecule has 0 saturated heterocycles. The van der Waals surface area contributed by atoms with Gasteiger partial charge < -0.3 is 15.6 Å². The van der Waals surface area contributed by atoms with Crippen molar-refractivity contribution < 1.29 is 9.32 Å². The largest absolute Gasteiger partial charge is 0.355 e. The fraction of sp³-hybridized carbons (Fsp3) is 0.429. The summed E-state index contributed by atoms with van der Waals surface area (Å²) in [6.07, 6.45) is 0.827. The minimum absolute atomic E-state index is 0.0613. The molecule has 0 bridgehead atoms. The molecule has 1 atom stereocenters. The van der Waals surface area contributed by atoms with Crippen molar-refractivity contribution >= 4 is 28.8 Å². The van der Waals surface area contributed by atoms with Gasteiger partial charge in [0.05, 0.1) is 9.21 Å². The lowest BCUT2D eigenvalue weighted by Crippen LogP contribution is -2.41. The standard InChI is InChI=1S/C14H18ClN3O2S/c1-8(2)5-9(7-16)17-14(19)10-6-11(20-18-10)12-3-4-13(15)21-12/h3-4,6,8-9H,5,7,16H2,1-2H3,(H,17,19). The molecule has 7 heteroatoms. The number of halogens is 1. The topological polar surface area (TPSA) is 81.1 Å². The summed E-state index contributed by atoms with van der Waals surface area (Å²) < 4.78 is 5.85. The quantitative estimate of drug-likeness (QED) is 0.854. The summed E-state index contributed by atoms with van der Waals surface area (Å²) in [5.74, 6) is 0.717. The van der Waals surface area contributed by atoms with E-state index in [0.29, 0.717) is 22.6 Å². The number of hydrogen-bond donors (Lipinski definition) is 2. The van der Waals surface area contributed by atoms with Gasteiger partial charge in [-0.2, -0.15) is 0 Å². The van der Waals surface area contributed by atoms with Crippen LogP contribution >= 0.6 is 22.9 Å². The maximum absolute atomic E-state index is 12.1. The molecule has 2 heterocycles. The molecule has 0 aliphatic rings. The lowest BCUT2D eigenvalue weighted by atomic mass is 10.0. The second-order valence-corrected chi connectivity index (χ2v) is 6.93. The first-order chi connectivity index (χ1) is 9.99. The summed E-state index contributed by atoms with van der Waals surface area (Å²) in [4.78, 5) is 13.0. The molecule has 21 heavy (non-hydrogen) atoms. The fourth-order valence-electron chi connectivity index (χ4n) is 1.99. The Morgan fingerprint density at radius 1 is 1.52 bits per heavy atom. The van der Waals surface area contributed by atoms with Crippen molar-refractivity contribution in [2.24, 2.45) is 11.7 Å². The molecule has 1 amide bonds. The molecule has 0 fully saturated rings. The molecule has 0 radical (unpaired) electrons. The summed E-state index contributed by atoms with van der Waals surface area (Å²) in [5, 5.41) is 6.68. The van der Waals surface area contributed by atoms with Crippen molar-refractivity contribution in [2.45, 2.75) is 26.3 Å². The van der Waals surface area contributed by atoms with E-state index in [2.05, 4.69) is 24.3 Å². The van der Waals surface area contributed by atoms with Gasteiger partial charge in [0.15, 0.2) is 11.5 Å². The maximum Gasteiger partial charge on any atom is 0.273 e. The van der Waals surface area contributed by atoms with Gasteiger partial charge in [-0.25, -0.2) is 0 Å². The van der Waals surface area contributed by atoms with Gasteiger partial charge in [-0.1, -0.05) is 30.6 Å². The van der Waals surface area contributed by atoms with Crippen LogP contribution in [0.1, 0.15) is 30.8 Å². The van der Waals surface area contributed by atoms with Gasteiger partial charge in [-0.3, -0.25) is 4.79 Å². The zero-order valence-electron chi connectivity index (χ0n) is 11.9. The number of amides is 1. The Kier molecular flexibility index (Phi) is 5.39. The normalized spacial score (nSPS) is 12.6. The Morgan fingerprint density at radius 3 is 2.86 bits per heavy atom. The zero-order chi connectivity index (χ0) is 15.4. The van der Waals surface area contributed by atoms with Gasteiger partial charge in [0.2, 0.25) is 0 Å². The number of aromatic nitrogens is 1. The van der Waals surface area contributed by atoms with Gasteiger partial charge in [-0.15, -0.1) is 11.3 Å². The van der Waals surface area contributed by atoms with Crippen LogP contribution in [0.4, 0.5) is 0 Å². The van der Waals surface area contributed by atoms with E-state index in [1.165, 1.54) is 11.3 Å². The lowest BCUT2D eigenvalue weighted by molar-refractivity contribution is 0.0924. The molecule has 5 nitrogen and oxygen atoms in total. The summed E-state index contributed by atoms with van der Waals surface area (Å²) in [6.45, 7) is 4.57. The van der Waals surface area contributed by atoms with Gasteiger partial charge >= 0.3 is 0 Å². The van der Waals surface area contributed by atoms with Gasteiger partial charge in [0.25, 0.3) is 5.91 Å². The van der Waals surface area contributed by atoms with Crippen LogP contribution in [0.25, 0.3) is 10.6 Å². The van der Waals surface area contributed by atoms with Crippen LogP contribution < -0.4 is 11.1 Å². The minimum Gasteiger partial charge on any atom is -0.355 e. The maximum atomic E-state index is 12.1. The van der Waals surface area contributed by atoms with E-state index in [1.54, 1.807) is 12.1 Å². The van der Waals surface area contributed by atoms with Gasteiger partial charge in [-0.05, 0) is 24.5 Å². The Hall–Kier alpha value is -1.37. The average Bonchev–Trinajstić information content (AvgIpc) is 3.05. The highest BCUT2D eigenvalue weighted by Crippen LogP contribution is 2.31. The van der Waals surface area contributed by atoms with Crippen LogP contribution in [-0.2, 0) is 0 Å². The Bertz CT molecular complexity index is 609. The molecule has 0 saturated carbocycles.